The molecule has 0 aliphatic rings. The molecule has 0 radical (unpaired) electrons. The lowest BCUT2D eigenvalue weighted by Crippen LogP contribution is -2.05. The van der Waals surface area contributed by atoms with Crippen LogP contribution in [-0.2, 0) is 15.6 Å². The van der Waals surface area contributed by atoms with Crippen LogP contribution in [0.15, 0.2) is 47.6 Å². The average molecular weight is 286 g/mol. The van der Waals surface area contributed by atoms with Crippen LogP contribution in [0.4, 0.5) is 4.39 Å². The van der Waals surface area contributed by atoms with E-state index in [1.165, 1.54) is 24.5 Å². The van der Waals surface area contributed by atoms with Crippen LogP contribution >= 0.6 is 11.6 Å². The molecular formula is C12H9ClFNO2S. The Hall–Kier alpha value is -1.46. The van der Waals surface area contributed by atoms with E-state index in [9.17, 15) is 12.8 Å². The molecule has 0 aliphatic carbocycles. The van der Waals surface area contributed by atoms with Crippen molar-refractivity contribution in [1.82, 2.24) is 4.98 Å². The number of aromatic nitrogens is 1. The molecule has 0 N–H and O–H groups in total. The first-order valence-corrected chi connectivity index (χ1v) is 7.09. The number of pyridine rings is 1. The van der Waals surface area contributed by atoms with E-state index in [-0.39, 0.29) is 10.6 Å². The number of nitrogens with zero attached hydrogens (tertiary/aromatic N) is 1. The normalized spacial score (nSPS) is 11.4. The molecule has 0 fully saturated rings. The van der Waals surface area contributed by atoms with Gasteiger partial charge in [-0.15, -0.1) is 0 Å². The second-order valence-corrected chi connectivity index (χ2v) is 6.08. The SMILES string of the molecule is O=S(=O)(Cc1ccncc1Cl)c1ccc(F)cc1. The van der Waals surface area contributed by atoms with Gasteiger partial charge in [0.25, 0.3) is 0 Å². The molecule has 1 aromatic carbocycles. The summed E-state index contributed by atoms with van der Waals surface area (Å²) in [5.74, 6) is -0.712. The Bertz CT molecular complexity index is 656. The van der Waals surface area contributed by atoms with Crippen molar-refractivity contribution < 1.29 is 12.8 Å². The molecule has 94 valence electrons. The lowest BCUT2D eigenvalue weighted by atomic mass is 10.3. The van der Waals surface area contributed by atoms with Gasteiger partial charge in [-0.05, 0) is 35.9 Å². The summed E-state index contributed by atoms with van der Waals surface area (Å²) in [6.07, 6.45) is 2.86. The van der Waals surface area contributed by atoms with E-state index in [2.05, 4.69) is 4.98 Å². The third kappa shape index (κ3) is 2.86. The molecule has 0 atom stereocenters. The number of benzene rings is 1. The second-order valence-electron chi connectivity index (χ2n) is 3.68. The van der Waals surface area contributed by atoms with Gasteiger partial charge in [-0.25, -0.2) is 12.8 Å². The van der Waals surface area contributed by atoms with Crippen molar-refractivity contribution in [2.24, 2.45) is 0 Å². The number of hydrogen-bond donors (Lipinski definition) is 0. The minimum atomic E-state index is -3.53. The maximum absolute atomic E-state index is 12.7. The molecule has 0 saturated heterocycles. The minimum absolute atomic E-state index is 0.0665. The van der Waals surface area contributed by atoms with Gasteiger partial charge < -0.3 is 0 Å². The summed E-state index contributed by atoms with van der Waals surface area (Å²) in [7, 11) is -3.53. The van der Waals surface area contributed by atoms with Gasteiger partial charge in [0.05, 0.1) is 15.7 Å². The van der Waals surface area contributed by atoms with Crippen LogP contribution in [0.2, 0.25) is 5.02 Å². The van der Waals surface area contributed by atoms with Crippen LogP contribution in [-0.4, -0.2) is 13.4 Å². The van der Waals surface area contributed by atoms with Gasteiger partial charge in [0.15, 0.2) is 9.84 Å². The van der Waals surface area contributed by atoms with Crippen LogP contribution < -0.4 is 0 Å². The smallest absolute Gasteiger partial charge is 0.182 e. The van der Waals surface area contributed by atoms with E-state index >= 15 is 0 Å². The molecule has 1 heterocycles. The summed E-state index contributed by atoms with van der Waals surface area (Å²) in [5, 5.41) is 0.295. The molecule has 18 heavy (non-hydrogen) atoms. The Morgan fingerprint density at radius 3 is 2.44 bits per heavy atom. The van der Waals surface area contributed by atoms with Gasteiger partial charge in [0, 0.05) is 12.4 Å². The molecule has 0 aliphatic heterocycles. The van der Waals surface area contributed by atoms with Crippen LogP contribution in [0.1, 0.15) is 5.56 Å². The Labute approximate surface area is 109 Å². The predicted octanol–water partition coefficient (Wildman–Crippen LogP) is 2.85. The zero-order valence-corrected chi connectivity index (χ0v) is 10.7. The van der Waals surface area contributed by atoms with Gasteiger partial charge in [-0.2, -0.15) is 0 Å². The van der Waals surface area contributed by atoms with Crippen molar-refractivity contribution in [2.45, 2.75) is 10.6 Å². The molecule has 2 aromatic rings. The van der Waals surface area contributed by atoms with Crippen molar-refractivity contribution in [1.29, 1.82) is 0 Å². The molecule has 0 unspecified atom stereocenters. The van der Waals surface area contributed by atoms with Crippen molar-refractivity contribution in [2.75, 3.05) is 0 Å². The zero-order valence-electron chi connectivity index (χ0n) is 9.18. The van der Waals surface area contributed by atoms with E-state index in [1.807, 2.05) is 0 Å². The molecule has 0 amide bonds. The first-order chi connectivity index (χ1) is 8.49. The number of halogens is 2. The Kier molecular flexibility index (Phi) is 3.63. The van der Waals surface area contributed by atoms with Gasteiger partial charge >= 0.3 is 0 Å². The van der Waals surface area contributed by atoms with Crippen LogP contribution in [0.5, 0.6) is 0 Å². The van der Waals surface area contributed by atoms with Gasteiger partial charge in [-0.3, -0.25) is 4.98 Å². The number of hydrogen-bond acceptors (Lipinski definition) is 3. The topological polar surface area (TPSA) is 47.0 Å². The fourth-order valence-electron chi connectivity index (χ4n) is 1.45. The molecule has 6 heteroatoms. The van der Waals surface area contributed by atoms with Crippen molar-refractivity contribution in [3.05, 3.63) is 59.1 Å². The Morgan fingerprint density at radius 1 is 1.17 bits per heavy atom. The summed E-state index contributed by atoms with van der Waals surface area (Å²) >= 11 is 5.86. The monoisotopic (exact) mass is 285 g/mol. The number of rotatable bonds is 3. The summed E-state index contributed by atoms with van der Waals surface area (Å²) < 4.78 is 36.9. The van der Waals surface area contributed by atoms with Crippen molar-refractivity contribution >= 4 is 21.4 Å². The van der Waals surface area contributed by atoms with Crippen LogP contribution in [0.25, 0.3) is 0 Å². The quantitative estimate of drug-likeness (QED) is 0.815. The summed E-state index contributed by atoms with van der Waals surface area (Å²) in [4.78, 5) is 3.85. The average Bonchev–Trinajstić information content (AvgIpc) is 2.32. The highest BCUT2D eigenvalue weighted by molar-refractivity contribution is 7.90. The highest BCUT2D eigenvalue weighted by Crippen LogP contribution is 2.21. The van der Waals surface area contributed by atoms with E-state index in [0.717, 1.165) is 12.1 Å². The Morgan fingerprint density at radius 2 is 1.83 bits per heavy atom. The highest BCUT2D eigenvalue weighted by Gasteiger charge is 2.16. The summed E-state index contributed by atoms with van der Waals surface area (Å²) in [5.41, 5.74) is 0.469. The van der Waals surface area contributed by atoms with Crippen LogP contribution in [0, 0.1) is 5.82 Å². The lowest BCUT2D eigenvalue weighted by molar-refractivity contribution is 0.594. The van der Waals surface area contributed by atoms with Gasteiger partial charge in [0.2, 0.25) is 0 Å². The number of sulfone groups is 1. The molecule has 0 bridgehead atoms. The first kappa shape index (κ1) is 13.0. The standard InChI is InChI=1S/C12H9ClFNO2S/c13-12-7-15-6-5-9(12)8-18(16,17)11-3-1-10(14)2-4-11/h1-7H,8H2. The first-order valence-electron chi connectivity index (χ1n) is 5.06. The summed E-state index contributed by atoms with van der Waals surface area (Å²) in [6.45, 7) is 0. The molecular weight excluding hydrogens is 277 g/mol. The molecule has 3 nitrogen and oxygen atoms in total. The fraction of sp³-hybridized carbons (Fsp3) is 0.0833. The largest absolute Gasteiger partial charge is 0.263 e. The van der Waals surface area contributed by atoms with Crippen LogP contribution in [0.3, 0.4) is 0 Å². The third-order valence-corrected chi connectivity index (χ3v) is 4.40. The maximum Gasteiger partial charge on any atom is 0.182 e. The van der Waals surface area contributed by atoms with Crippen molar-refractivity contribution in [3.63, 3.8) is 0 Å². The van der Waals surface area contributed by atoms with Gasteiger partial charge in [-0.1, -0.05) is 11.6 Å². The summed E-state index contributed by atoms with van der Waals surface area (Å²) in [6, 6.07) is 6.24. The third-order valence-electron chi connectivity index (χ3n) is 2.37. The molecule has 0 spiro atoms. The van der Waals surface area contributed by atoms with E-state index in [1.54, 1.807) is 6.07 Å². The molecule has 1 aromatic heterocycles. The zero-order chi connectivity index (χ0) is 13.2. The van der Waals surface area contributed by atoms with E-state index in [4.69, 9.17) is 11.6 Å². The molecule has 0 saturated carbocycles. The molecule has 2 rings (SSSR count). The van der Waals surface area contributed by atoms with E-state index in [0.29, 0.717) is 10.6 Å². The fourth-order valence-corrected chi connectivity index (χ4v) is 3.10. The van der Waals surface area contributed by atoms with Crippen molar-refractivity contribution in [3.8, 4) is 0 Å². The highest BCUT2D eigenvalue weighted by atomic mass is 35.5. The second kappa shape index (κ2) is 5.04. The van der Waals surface area contributed by atoms with Gasteiger partial charge in [0.1, 0.15) is 5.82 Å². The predicted molar refractivity (Wildman–Crippen MR) is 66.5 cm³/mol. The maximum atomic E-state index is 12.7. The lowest BCUT2D eigenvalue weighted by Gasteiger charge is -2.05. The Balaban J connectivity index is 2.33. The minimum Gasteiger partial charge on any atom is -0.263 e. The van der Waals surface area contributed by atoms with E-state index < -0.39 is 15.7 Å².